The van der Waals surface area contributed by atoms with Crippen LogP contribution in [0.1, 0.15) is 97.3 Å². The second-order valence-electron chi connectivity index (χ2n) is 9.49. The van der Waals surface area contributed by atoms with Crippen molar-refractivity contribution in [2.75, 3.05) is 25.8 Å². The van der Waals surface area contributed by atoms with Crippen molar-refractivity contribution in [1.82, 2.24) is 0 Å². The Kier molecular flexibility index (Phi) is 15.0. The Labute approximate surface area is 217 Å². The maximum absolute atomic E-state index is 12.8. The number of unbranched alkanes of at least 4 members (excludes halogenated alkanes) is 9. The van der Waals surface area contributed by atoms with Gasteiger partial charge in [0, 0.05) is 25.5 Å². The van der Waals surface area contributed by atoms with Crippen LogP contribution in [0.4, 0.5) is 5.69 Å². The van der Waals surface area contributed by atoms with Crippen molar-refractivity contribution >= 4 is 22.4 Å². The summed E-state index contributed by atoms with van der Waals surface area (Å²) in [5, 5.41) is 15.2. The highest BCUT2D eigenvalue weighted by Crippen LogP contribution is 2.41. The fraction of sp³-hybridized carbons (Fsp3) is 0.633. The molecule has 2 aromatic rings. The molecule has 1 unspecified atom stereocenters. The average molecular weight is 502 g/mol. The van der Waals surface area contributed by atoms with Crippen LogP contribution < -0.4 is 10.1 Å². The normalized spacial score (nSPS) is 12.1. The summed E-state index contributed by atoms with van der Waals surface area (Å²) in [5.74, 6) is 0.0963. The van der Waals surface area contributed by atoms with Crippen molar-refractivity contribution in [3.05, 3.63) is 30.3 Å². The van der Waals surface area contributed by atoms with E-state index in [9.17, 15) is 9.90 Å². The minimum atomic E-state index is -0.129. The number of phenols is 1. The molecule has 2 N–H and O–H groups in total. The van der Waals surface area contributed by atoms with E-state index < -0.39 is 0 Å². The van der Waals surface area contributed by atoms with Crippen LogP contribution in [0.3, 0.4) is 0 Å². The predicted molar refractivity (Wildman–Crippen MR) is 148 cm³/mol. The molecule has 0 heterocycles. The number of carbonyl (C=O) groups excluding carboxylic acids is 1. The average Bonchev–Trinajstić information content (AvgIpc) is 2.88. The first kappa shape index (κ1) is 29.9. The Morgan fingerprint density at radius 3 is 2.28 bits per heavy atom. The summed E-state index contributed by atoms with van der Waals surface area (Å²) in [6.07, 6.45) is 15.1. The SMILES string of the molecule is CCCCCCCCCCCCC(CCC(=O)Nc1cc2ccccc2c(O)c1OCOCC)OC. The number of fused-ring (bicyclic) bond motifs is 1. The molecule has 6 heteroatoms. The van der Waals surface area contributed by atoms with Crippen molar-refractivity contribution < 1.29 is 24.1 Å². The number of anilines is 1. The first-order valence-electron chi connectivity index (χ1n) is 13.9. The molecule has 0 aromatic heterocycles. The molecule has 0 saturated carbocycles. The number of methoxy groups -OCH3 is 1. The second-order valence-corrected chi connectivity index (χ2v) is 9.49. The molecule has 2 rings (SSSR count). The van der Waals surface area contributed by atoms with Gasteiger partial charge in [-0.1, -0.05) is 95.4 Å². The molecule has 0 aliphatic heterocycles. The zero-order chi connectivity index (χ0) is 26.0. The summed E-state index contributed by atoms with van der Waals surface area (Å²) in [4.78, 5) is 12.8. The van der Waals surface area contributed by atoms with Gasteiger partial charge < -0.3 is 24.6 Å². The molecular formula is C30H47NO5. The maximum atomic E-state index is 12.8. The highest BCUT2D eigenvalue weighted by molar-refractivity contribution is 6.00. The highest BCUT2D eigenvalue weighted by atomic mass is 16.7. The molecule has 0 aliphatic carbocycles. The number of aromatic hydroxyl groups is 1. The summed E-state index contributed by atoms with van der Waals surface area (Å²) in [6.45, 7) is 4.61. The molecular weight excluding hydrogens is 454 g/mol. The summed E-state index contributed by atoms with van der Waals surface area (Å²) >= 11 is 0. The Balaban J connectivity index is 1.78. The van der Waals surface area contributed by atoms with Gasteiger partial charge in [-0.3, -0.25) is 4.79 Å². The Hall–Kier alpha value is -2.31. The summed E-state index contributed by atoms with van der Waals surface area (Å²) in [5.41, 5.74) is 0.444. The third-order valence-electron chi connectivity index (χ3n) is 6.65. The third kappa shape index (κ3) is 10.8. The zero-order valence-electron chi connectivity index (χ0n) is 22.7. The number of carbonyl (C=O) groups is 1. The van der Waals surface area contributed by atoms with Crippen molar-refractivity contribution in [2.45, 2.75) is 103 Å². The first-order chi connectivity index (χ1) is 17.6. The highest BCUT2D eigenvalue weighted by Gasteiger charge is 2.17. The van der Waals surface area contributed by atoms with Crippen LogP contribution in [-0.4, -0.2) is 37.6 Å². The largest absolute Gasteiger partial charge is 0.504 e. The van der Waals surface area contributed by atoms with E-state index in [4.69, 9.17) is 14.2 Å². The van der Waals surface area contributed by atoms with E-state index in [1.165, 1.54) is 57.8 Å². The number of hydrogen-bond donors (Lipinski definition) is 2. The van der Waals surface area contributed by atoms with Gasteiger partial charge in [-0.05, 0) is 31.2 Å². The second kappa shape index (κ2) is 18.0. The Morgan fingerprint density at radius 2 is 1.61 bits per heavy atom. The van der Waals surface area contributed by atoms with E-state index in [0.717, 1.165) is 18.2 Å². The monoisotopic (exact) mass is 501 g/mol. The van der Waals surface area contributed by atoms with Gasteiger partial charge >= 0.3 is 0 Å². The topological polar surface area (TPSA) is 77.0 Å². The van der Waals surface area contributed by atoms with E-state index in [0.29, 0.717) is 30.5 Å². The van der Waals surface area contributed by atoms with Crippen LogP contribution in [-0.2, 0) is 14.3 Å². The molecule has 36 heavy (non-hydrogen) atoms. The van der Waals surface area contributed by atoms with E-state index in [1.807, 2.05) is 37.3 Å². The van der Waals surface area contributed by atoms with Crippen molar-refractivity contribution in [3.63, 3.8) is 0 Å². The standard InChI is InChI=1S/C30H47NO5/c1-4-6-7-8-9-10-11-12-13-14-18-25(34-3)20-21-28(32)31-27-22-24-17-15-16-19-26(24)29(33)30(27)36-23-35-5-2/h15-17,19,22,25,33H,4-14,18,20-21,23H2,1-3H3,(H,31,32). The van der Waals surface area contributed by atoms with Gasteiger partial charge in [0.25, 0.3) is 0 Å². The number of nitrogens with one attached hydrogen (secondary N) is 1. The lowest BCUT2D eigenvalue weighted by Crippen LogP contribution is -2.18. The lowest BCUT2D eigenvalue weighted by molar-refractivity contribution is -0.116. The minimum Gasteiger partial charge on any atom is -0.504 e. The minimum absolute atomic E-state index is 0.00108. The number of amides is 1. The number of phenolic OH excluding ortho intramolecular Hbond substituents is 1. The van der Waals surface area contributed by atoms with Gasteiger partial charge in [0.15, 0.2) is 18.3 Å². The molecule has 0 fully saturated rings. The summed E-state index contributed by atoms with van der Waals surface area (Å²) in [7, 11) is 1.72. The van der Waals surface area contributed by atoms with Gasteiger partial charge in [-0.2, -0.15) is 0 Å². The molecule has 0 saturated heterocycles. The molecule has 0 spiro atoms. The van der Waals surface area contributed by atoms with E-state index in [-0.39, 0.29) is 30.3 Å². The summed E-state index contributed by atoms with van der Waals surface area (Å²) in [6, 6.07) is 9.29. The lowest BCUT2D eigenvalue weighted by atomic mass is 10.0. The number of hydrogen-bond acceptors (Lipinski definition) is 5. The first-order valence-corrected chi connectivity index (χ1v) is 13.9. The van der Waals surface area contributed by atoms with E-state index >= 15 is 0 Å². The van der Waals surface area contributed by atoms with Crippen LogP contribution in [0.2, 0.25) is 0 Å². The lowest BCUT2D eigenvalue weighted by Gasteiger charge is -2.17. The number of rotatable bonds is 20. The number of ether oxygens (including phenoxy) is 3. The fourth-order valence-electron chi connectivity index (χ4n) is 4.48. The molecule has 0 aliphatic rings. The van der Waals surface area contributed by atoms with Gasteiger partial charge in [-0.15, -0.1) is 0 Å². The Bertz CT molecular complexity index is 885. The molecule has 0 bridgehead atoms. The van der Waals surface area contributed by atoms with E-state index in [1.54, 1.807) is 7.11 Å². The van der Waals surface area contributed by atoms with Crippen LogP contribution in [0.25, 0.3) is 10.8 Å². The Morgan fingerprint density at radius 1 is 0.944 bits per heavy atom. The molecule has 2 aromatic carbocycles. The van der Waals surface area contributed by atoms with Gasteiger partial charge in [0.2, 0.25) is 5.91 Å². The van der Waals surface area contributed by atoms with Crippen molar-refractivity contribution in [2.24, 2.45) is 0 Å². The molecule has 1 atom stereocenters. The van der Waals surface area contributed by atoms with Crippen LogP contribution >= 0.6 is 0 Å². The predicted octanol–water partition coefficient (Wildman–Crippen LogP) is 7.96. The van der Waals surface area contributed by atoms with Crippen LogP contribution in [0.15, 0.2) is 30.3 Å². The van der Waals surface area contributed by atoms with Gasteiger partial charge in [0.05, 0.1) is 11.8 Å². The molecule has 0 radical (unpaired) electrons. The van der Waals surface area contributed by atoms with Gasteiger partial charge in [0.1, 0.15) is 0 Å². The molecule has 202 valence electrons. The maximum Gasteiger partial charge on any atom is 0.224 e. The molecule has 1 amide bonds. The molecule has 6 nitrogen and oxygen atoms in total. The van der Waals surface area contributed by atoms with E-state index in [2.05, 4.69) is 12.2 Å². The zero-order valence-corrected chi connectivity index (χ0v) is 22.7. The van der Waals surface area contributed by atoms with Crippen molar-refractivity contribution in [1.29, 1.82) is 0 Å². The quantitative estimate of drug-likeness (QED) is 0.142. The number of benzene rings is 2. The van der Waals surface area contributed by atoms with Gasteiger partial charge in [-0.25, -0.2) is 0 Å². The van der Waals surface area contributed by atoms with Crippen LogP contribution in [0.5, 0.6) is 11.5 Å². The van der Waals surface area contributed by atoms with Crippen LogP contribution in [0, 0.1) is 0 Å². The fourth-order valence-corrected chi connectivity index (χ4v) is 4.48. The van der Waals surface area contributed by atoms with Crippen molar-refractivity contribution in [3.8, 4) is 11.5 Å². The summed E-state index contributed by atoms with van der Waals surface area (Å²) < 4.78 is 16.6. The third-order valence-corrected chi connectivity index (χ3v) is 6.65. The smallest absolute Gasteiger partial charge is 0.224 e.